The molecule has 1 amide bonds. The highest BCUT2D eigenvalue weighted by atomic mass is 35.5. The molecule has 0 aliphatic carbocycles. The Morgan fingerprint density at radius 3 is 2.26 bits per heavy atom. The molecule has 0 bridgehead atoms. The van der Waals surface area contributed by atoms with E-state index in [4.69, 9.17) is 27.9 Å². The number of para-hydroxylation sites is 1. The van der Waals surface area contributed by atoms with Crippen LogP contribution in [0, 0.1) is 20.2 Å². The number of rotatable bonds is 9. The lowest BCUT2D eigenvalue weighted by Gasteiger charge is -2.11. The maximum atomic E-state index is 12.1. The first-order chi connectivity index (χ1) is 16.2. The van der Waals surface area contributed by atoms with Gasteiger partial charge in [0.2, 0.25) is 5.91 Å². The Bertz CT molecular complexity index is 1240. The van der Waals surface area contributed by atoms with Gasteiger partial charge in [-0.3, -0.25) is 25.0 Å². The standard InChI is InChI=1S/C22H16Cl2N4O6/c23-18-9-15(12-25-26-21(29)11-16-3-1-2-4-20(16)28(32)33)10-19(24)22(18)34-13-14-5-7-17(8-6-14)27(30)31/h1-10,12H,11,13H2,(H,26,29)/b25-12+. The van der Waals surface area contributed by atoms with Gasteiger partial charge in [-0.2, -0.15) is 5.10 Å². The summed E-state index contributed by atoms with van der Waals surface area (Å²) >= 11 is 12.5. The van der Waals surface area contributed by atoms with Gasteiger partial charge in [-0.05, 0) is 35.4 Å². The molecule has 0 aliphatic rings. The lowest BCUT2D eigenvalue weighted by Crippen LogP contribution is -2.20. The number of amides is 1. The highest BCUT2D eigenvalue weighted by molar-refractivity contribution is 6.37. The van der Waals surface area contributed by atoms with Crippen LogP contribution in [-0.2, 0) is 17.8 Å². The van der Waals surface area contributed by atoms with Gasteiger partial charge in [0, 0.05) is 23.8 Å². The zero-order valence-electron chi connectivity index (χ0n) is 17.3. The molecule has 0 heterocycles. The van der Waals surface area contributed by atoms with E-state index in [0.717, 1.165) is 0 Å². The van der Waals surface area contributed by atoms with Crippen molar-refractivity contribution in [2.45, 2.75) is 13.0 Å². The van der Waals surface area contributed by atoms with Gasteiger partial charge in [0.05, 0.1) is 32.5 Å². The third-order valence-corrected chi connectivity index (χ3v) is 5.05. The van der Waals surface area contributed by atoms with Crippen LogP contribution in [0.3, 0.4) is 0 Å². The van der Waals surface area contributed by atoms with Gasteiger partial charge < -0.3 is 4.74 Å². The van der Waals surface area contributed by atoms with Gasteiger partial charge in [-0.15, -0.1) is 0 Å². The van der Waals surface area contributed by atoms with Crippen molar-refractivity contribution < 1.29 is 19.4 Å². The minimum Gasteiger partial charge on any atom is -0.486 e. The first kappa shape index (κ1) is 24.6. The molecule has 12 heteroatoms. The van der Waals surface area contributed by atoms with Crippen molar-refractivity contribution in [3.05, 3.63) is 108 Å². The summed E-state index contributed by atoms with van der Waals surface area (Å²) in [4.78, 5) is 32.8. The number of ether oxygens (including phenoxy) is 1. The highest BCUT2D eigenvalue weighted by Crippen LogP contribution is 2.34. The molecule has 0 atom stereocenters. The average Bonchev–Trinajstić information content (AvgIpc) is 2.79. The summed E-state index contributed by atoms with van der Waals surface area (Å²) in [6, 6.07) is 14.8. The highest BCUT2D eigenvalue weighted by Gasteiger charge is 2.15. The van der Waals surface area contributed by atoms with Crippen molar-refractivity contribution in [1.29, 1.82) is 0 Å². The molecule has 0 fully saturated rings. The van der Waals surface area contributed by atoms with Gasteiger partial charge in [-0.25, -0.2) is 5.43 Å². The number of carbonyl (C=O) groups excluding carboxylic acids is 1. The molecule has 174 valence electrons. The van der Waals surface area contributed by atoms with Crippen molar-refractivity contribution in [1.82, 2.24) is 5.43 Å². The normalized spacial score (nSPS) is 10.8. The van der Waals surface area contributed by atoms with E-state index in [2.05, 4.69) is 10.5 Å². The molecular weight excluding hydrogens is 487 g/mol. The fourth-order valence-corrected chi connectivity index (χ4v) is 3.50. The molecular formula is C22H16Cl2N4O6. The van der Waals surface area contributed by atoms with Crippen LogP contribution in [0.15, 0.2) is 65.8 Å². The second kappa shape index (κ2) is 11.2. The number of carbonyl (C=O) groups is 1. The summed E-state index contributed by atoms with van der Waals surface area (Å²) in [5, 5.41) is 26.0. The topological polar surface area (TPSA) is 137 Å². The molecule has 0 saturated heterocycles. The average molecular weight is 503 g/mol. The van der Waals surface area contributed by atoms with Crippen molar-refractivity contribution in [2.75, 3.05) is 0 Å². The lowest BCUT2D eigenvalue weighted by atomic mass is 10.1. The van der Waals surface area contributed by atoms with Gasteiger partial charge in [-0.1, -0.05) is 41.4 Å². The summed E-state index contributed by atoms with van der Waals surface area (Å²) in [7, 11) is 0. The van der Waals surface area contributed by atoms with Crippen LogP contribution >= 0.6 is 23.2 Å². The predicted molar refractivity (Wildman–Crippen MR) is 126 cm³/mol. The summed E-state index contributed by atoms with van der Waals surface area (Å²) < 4.78 is 5.65. The van der Waals surface area contributed by atoms with Crippen LogP contribution < -0.4 is 10.2 Å². The third-order valence-electron chi connectivity index (χ3n) is 4.49. The molecule has 0 radical (unpaired) electrons. The summed E-state index contributed by atoms with van der Waals surface area (Å²) in [6.45, 7) is 0.0898. The second-order valence-electron chi connectivity index (χ2n) is 6.88. The van der Waals surface area contributed by atoms with Gasteiger partial charge in [0.25, 0.3) is 11.4 Å². The van der Waals surface area contributed by atoms with E-state index >= 15 is 0 Å². The van der Waals surface area contributed by atoms with Crippen molar-refractivity contribution >= 4 is 46.7 Å². The monoisotopic (exact) mass is 502 g/mol. The number of nitrogens with zero attached hydrogens (tertiary/aromatic N) is 3. The van der Waals surface area contributed by atoms with Gasteiger partial charge >= 0.3 is 0 Å². The van der Waals surface area contributed by atoms with Crippen LogP contribution in [0.25, 0.3) is 0 Å². The van der Waals surface area contributed by atoms with Crippen LogP contribution in [0.5, 0.6) is 5.75 Å². The predicted octanol–water partition coefficient (Wildman–Crippen LogP) is 5.08. The number of hydrogen-bond acceptors (Lipinski definition) is 7. The smallest absolute Gasteiger partial charge is 0.273 e. The second-order valence-corrected chi connectivity index (χ2v) is 7.70. The lowest BCUT2D eigenvalue weighted by molar-refractivity contribution is -0.385. The molecule has 0 aromatic heterocycles. The summed E-state index contributed by atoms with van der Waals surface area (Å²) in [5.41, 5.74) is 3.55. The van der Waals surface area contributed by atoms with Crippen LogP contribution in [0.2, 0.25) is 10.0 Å². The molecule has 3 aromatic carbocycles. The van der Waals surface area contributed by atoms with Gasteiger partial charge in [0.1, 0.15) is 6.61 Å². The number of hydrazone groups is 1. The zero-order chi connectivity index (χ0) is 24.7. The number of nitro groups is 2. The van der Waals surface area contributed by atoms with Crippen LogP contribution in [0.4, 0.5) is 11.4 Å². The molecule has 0 saturated carbocycles. The number of hydrogen-bond donors (Lipinski definition) is 1. The number of non-ortho nitro benzene ring substituents is 1. The SMILES string of the molecule is O=C(Cc1ccccc1[N+](=O)[O-])N/N=C/c1cc(Cl)c(OCc2ccc([N+](=O)[O-])cc2)c(Cl)c1. The third kappa shape index (κ3) is 6.50. The van der Waals surface area contributed by atoms with Crippen molar-refractivity contribution in [3.8, 4) is 5.75 Å². The number of halogens is 2. The first-order valence-electron chi connectivity index (χ1n) is 9.64. The molecule has 3 aromatic rings. The number of nitrogens with one attached hydrogen (secondary N) is 1. The fraction of sp³-hybridized carbons (Fsp3) is 0.0909. The number of benzene rings is 3. The van der Waals surface area contributed by atoms with Crippen LogP contribution in [-0.4, -0.2) is 22.0 Å². The van der Waals surface area contributed by atoms with E-state index < -0.39 is 15.8 Å². The Labute approximate surface area is 203 Å². The van der Waals surface area contributed by atoms with E-state index in [0.29, 0.717) is 11.1 Å². The molecule has 0 spiro atoms. The fourth-order valence-electron chi connectivity index (χ4n) is 2.89. The Hall–Kier alpha value is -4.02. The largest absolute Gasteiger partial charge is 0.486 e. The maximum Gasteiger partial charge on any atom is 0.273 e. The molecule has 0 unspecified atom stereocenters. The van der Waals surface area contributed by atoms with Crippen LogP contribution in [0.1, 0.15) is 16.7 Å². The first-order valence-corrected chi connectivity index (χ1v) is 10.4. The zero-order valence-corrected chi connectivity index (χ0v) is 18.8. The molecule has 1 N–H and O–H groups in total. The van der Waals surface area contributed by atoms with E-state index in [1.165, 1.54) is 48.7 Å². The van der Waals surface area contributed by atoms with E-state index in [1.807, 2.05) is 0 Å². The molecule has 0 aliphatic heterocycles. The molecule has 3 rings (SSSR count). The minimum absolute atomic E-state index is 0.0301. The van der Waals surface area contributed by atoms with E-state index in [9.17, 15) is 25.0 Å². The Morgan fingerprint density at radius 1 is 1.00 bits per heavy atom. The van der Waals surface area contributed by atoms with E-state index in [-0.39, 0.29) is 45.8 Å². The van der Waals surface area contributed by atoms with E-state index in [1.54, 1.807) is 18.2 Å². The number of nitro benzene ring substituents is 2. The maximum absolute atomic E-state index is 12.1. The summed E-state index contributed by atoms with van der Waals surface area (Å²) in [6.07, 6.45) is 1.10. The Kier molecular flexibility index (Phi) is 8.12. The van der Waals surface area contributed by atoms with Crippen molar-refractivity contribution in [3.63, 3.8) is 0 Å². The minimum atomic E-state index is -0.554. The summed E-state index contributed by atoms with van der Waals surface area (Å²) in [5.74, 6) is -0.315. The Balaban J connectivity index is 1.60. The van der Waals surface area contributed by atoms with Gasteiger partial charge in [0.15, 0.2) is 5.75 Å². The quantitative estimate of drug-likeness (QED) is 0.246. The Morgan fingerprint density at radius 2 is 1.65 bits per heavy atom. The molecule has 10 nitrogen and oxygen atoms in total. The van der Waals surface area contributed by atoms with Crippen molar-refractivity contribution in [2.24, 2.45) is 5.10 Å². The molecule has 34 heavy (non-hydrogen) atoms.